The van der Waals surface area contributed by atoms with Gasteiger partial charge in [-0.3, -0.25) is 5.01 Å². The standard InChI is InChI=1S/C12H16N2O/c1-12(2)11(9-13-14(12)3)15-10-7-5-4-6-8-10/h4-9,11H,1-3H3. The van der Waals surface area contributed by atoms with Gasteiger partial charge in [-0.25, -0.2) is 0 Å². The van der Waals surface area contributed by atoms with E-state index in [1.54, 1.807) is 0 Å². The molecule has 0 aliphatic carbocycles. The molecule has 0 amide bonds. The van der Waals surface area contributed by atoms with Gasteiger partial charge in [-0.2, -0.15) is 5.10 Å². The number of hydrazone groups is 1. The molecule has 0 aromatic heterocycles. The van der Waals surface area contributed by atoms with Crippen LogP contribution >= 0.6 is 0 Å². The summed E-state index contributed by atoms with van der Waals surface area (Å²) in [5, 5.41) is 6.18. The van der Waals surface area contributed by atoms with Crippen LogP contribution in [0.25, 0.3) is 0 Å². The van der Waals surface area contributed by atoms with Gasteiger partial charge in [-0.1, -0.05) is 18.2 Å². The van der Waals surface area contributed by atoms with Crippen LogP contribution in [0.3, 0.4) is 0 Å². The van der Waals surface area contributed by atoms with E-state index < -0.39 is 0 Å². The molecule has 1 aliphatic heterocycles. The Bertz CT molecular complexity index is 359. The largest absolute Gasteiger partial charge is 0.482 e. The SMILES string of the molecule is CN1N=CC(Oc2ccccc2)C1(C)C. The zero-order valence-corrected chi connectivity index (χ0v) is 9.34. The summed E-state index contributed by atoms with van der Waals surface area (Å²) in [6.45, 7) is 4.24. The highest BCUT2D eigenvalue weighted by molar-refractivity contribution is 5.68. The van der Waals surface area contributed by atoms with Crippen molar-refractivity contribution in [2.75, 3.05) is 7.05 Å². The number of hydrogen-bond donors (Lipinski definition) is 0. The highest BCUT2D eigenvalue weighted by Crippen LogP contribution is 2.26. The third-order valence-electron chi connectivity index (χ3n) is 2.91. The third-order valence-corrected chi connectivity index (χ3v) is 2.91. The second kappa shape index (κ2) is 3.57. The Labute approximate surface area is 90.4 Å². The smallest absolute Gasteiger partial charge is 0.160 e. The lowest BCUT2D eigenvalue weighted by Gasteiger charge is -2.32. The summed E-state index contributed by atoms with van der Waals surface area (Å²) in [6.07, 6.45) is 1.86. The predicted molar refractivity (Wildman–Crippen MR) is 61.2 cm³/mol. The molecule has 1 aliphatic rings. The summed E-state index contributed by atoms with van der Waals surface area (Å²) in [5.74, 6) is 0.886. The number of rotatable bonds is 2. The second-order valence-corrected chi connectivity index (χ2v) is 4.29. The third kappa shape index (κ3) is 1.82. The average Bonchev–Trinajstić information content (AvgIpc) is 2.47. The van der Waals surface area contributed by atoms with E-state index in [0.29, 0.717) is 0 Å². The van der Waals surface area contributed by atoms with Gasteiger partial charge in [0.15, 0.2) is 6.10 Å². The van der Waals surface area contributed by atoms with E-state index >= 15 is 0 Å². The predicted octanol–water partition coefficient (Wildman–Crippen LogP) is 2.14. The maximum Gasteiger partial charge on any atom is 0.160 e. The first-order valence-electron chi connectivity index (χ1n) is 5.10. The molecular weight excluding hydrogens is 188 g/mol. The first-order valence-corrected chi connectivity index (χ1v) is 5.10. The molecule has 15 heavy (non-hydrogen) atoms. The van der Waals surface area contributed by atoms with Gasteiger partial charge in [0.05, 0.1) is 11.8 Å². The van der Waals surface area contributed by atoms with Gasteiger partial charge in [-0.15, -0.1) is 0 Å². The molecule has 0 fully saturated rings. The highest BCUT2D eigenvalue weighted by atomic mass is 16.5. The summed E-state index contributed by atoms with van der Waals surface area (Å²) in [5.41, 5.74) is -0.0875. The van der Waals surface area contributed by atoms with E-state index in [4.69, 9.17) is 4.74 Å². The molecule has 1 aromatic rings. The van der Waals surface area contributed by atoms with E-state index in [1.165, 1.54) is 0 Å². The first-order chi connectivity index (χ1) is 7.10. The molecule has 3 heteroatoms. The van der Waals surface area contributed by atoms with Crippen LogP contribution in [0.1, 0.15) is 13.8 Å². The Kier molecular flexibility index (Phi) is 2.39. The number of hydrogen-bond acceptors (Lipinski definition) is 3. The number of para-hydroxylation sites is 1. The van der Waals surface area contributed by atoms with E-state index in [9.17, 15) is 0 Å². The molecule has 1 aromatic carbocycles. The molecular formula is C12H16N2O. The minimum absolute atomic E-state index is 0.00454. The van der Waals surface area contributed by atoms with E-state index in [-0.39, 0.29) is 11.6 Å². The molecule has 0 saturated heterocycles. The van der Waals surface area contributed by atoms with Gasteiger partial charge in [0.1, 0.15) is 5.75 Å². The summed E-state index contributed by atoms with van der Waals surface area (Å²) in [6, 6.07) is 9.84. The molecule has 0 saturated carbocycles. The molecule has 0 bridgehead atoms. The normalized spacial score (nSPS) is 23.1. The molecule has 2 rings (SSSR count). The summed E-state index contributed by atoms with van der Waals surface area (Å²) >= 11 is 0. The average molecular weight is 204 g/mol. The molecule has 0 N–H and O–H groups in total. The second-order valence-electron chi connectivity index (χ2n) is 4.29. The van der Waals surface area contributed by atoms with Crippen LogP contribution in [0.4, 0.5) is 0 Å². The lowest BCUT2D eigenvalue weighted by atomic mass is 9.99. The molecule has 1 atom stereocenters. The van der Waals surface area contributed by atoms with Gasteiger partial charge in [0, 0.05) is 7.05 Å². The van der Waals surface area contributed by atoms with Crippen molar-refractivity contribution in [3.05, 3.63) is 30.3 Å². The van der Waals surface area contributed by atoms with E-state index in [1.807, 2.05) is 48.6 Å². The lowest BCUT2D eigenvalue weighted by Crippen LogP contribution is -2.46. The topological polar surface area (TPSA) is 24.8 Å². The van der Waals surface area contributed by atoms with Crippen molar-refractivity contribution in [1.29, 1.82) is 0 Å². The maximum atomic E-state index is 5.87. The van der Waals surface area contributed by atoms with E-state index in [2.05, 4.69) is 18.9 Å². The van der Waals surface area contributed by atoms with Crippen molar-refractivity contribution in [3.63, 3.8) is 0 Å². The van der Waals surface area contributed by atoms with Gasteiger partial charge in [0.2, 0.25) is 0 Å². The van der Waals surface area contributed by atoms with E-state index in [0.717, 1.165) is 5.75 Å². The zero-order valence-electron chi connectivity index (χ0n) is 9.34. The molecule has 1 unspecified atom stereocenters. The molecule has 80 valence electrons. The van der Waals surface area contributed by atoms with Crippen molar-refractivity contribution in [2.24, 2.45) is 5.10 Å². The van der Waals surface area contributed by atoms with Crippen LogP contribution in [0.5, 0.6) is 5.75 Å². The number of ether oxygens (including phenoxy) is 1. The van der Waals surface area contributed by atoms with Crippen LogP contribution in [-0.4, -0.2) is 29.9 Å². The summed E-state index contributed by atoms with van der Waals surface area (Å²) in [4.78, 5) is 0. The minimum atomic E-state index is -0.0875. The fourth-order valence-electron chi connectivity index (χ4n) is 1.50. The van der Waals surface area contributed by atoms with Crippen LogP contribution < -0.4 is 4.74 Å². The van der Waals surface area contributed by atoms with Crippen LogP contribution in [-0.2, 0) is 0 Å². The zero-order chi connectivity index (χ0) is 10.9. The van der Waals surface area contributed by atoms with Crippen molar-refractivity contribution in [3.8, 4) is 5.75 Å². The Balaban J connectivity index is 2.11. The molecule has 1 heterocycles. The molecule has 3 nitrogen and oxygen atoms in total. The quantitative estimate of drug-likeness (QED) is 0.737. The Morgan fingerprint density at radius 1 is 1.27 bits per heavy atom. The number of likely N-dealkylation sites (N-methyl/N-ethyl adjacent to an activating group) is 1. The number of nitrogens with zero attached hydrogens (tertiary/aromatic N) is 2. The Morgan fingerprint density at radius 3 is 2.47 bits per heavy atom. The fraction of sp³-hybridized carbons (Fsp3) is 0.417. The Hall–Kier alpha value is -1.51. The van der Waals surface area contributed by atoms with Crippen molar-refractivity contribution in [1.82, 2.24) is 5.01 Å². The van der Waals surface area contributed by atoms with Gasteiger partial charge in [-0.05, 0) is 26.0 Å². The van der Waals surface area contributed by atoms with Crippen LogP contribution in [0.15, 0.2) is 35.4 Å². The monoisotopic (exact) mass is 204 g/mol. The molecule has 0 radical (unpaired) electrons. The van der Waals surface area contributed by atoms with Crippen LogP contribution in [0, 0.1) is 0 Å². The van der Waals surface area contributed by atoms with Crippen LogP contribution in [0.2, 0.25) is 0 Å². The lowest BCUT2D eigenvalue weighted by molar-refractivity contribution is 0.0879. The van der Waals surface area contributed by atoms with Crippen molar-refractivity contribution < 1.29 is 4.74 Å². The van der Waals surface area contributed by atoms with Gasteiger partial charge < -0.3 is 4.74 Å². The summed E-state index contributed by atoms with van der Waals surface area (Å²) < 4.78 is 5.87. The fourth-order valence-corrected chi connectivity index (χ4v) is 1.50. The first kappa shape index (κ1) is 10.0. The van der Waals surface area contributed by atoms with Crippen molar-refractivity contribution in [2.45, 2.75) is 25.5 Å². The Morgan fingerprint density at radius 2 is 1.93 bits per heavy atom. The minimum Gasteiger partial charge on any atom is -0.482 e. The van der Waals surface area contributed by atoms with Gasteiger partial charge >= 0.3 is 0 Å². The molecule has 0 spiro atoms. The van der Waals surface area contributed by atoms with Crippen molar-refractivity contribution >= 4 is 6.21 Å². The van der Waals surface area contributed by atoms with Gasteiger partial charge in [0.25, 0.3) is 0 Å². The highest BCUT2D eigenvalue weighted by Gasteiger charge is 2.38. The summed E-state index contributed by atoms with van der Waals surface area (Å²) in [7, 11) is 1.96. The maximum absolute atomic E-state index is 5.87. The number of benzene rings is 1.